The molecule has 21 heavy (non-hydrogen) atoms. The lowest BCUT2D eigenvalue weighted by molar-refractivity contribution is 0.391. The van der Waals surface area contributed by atoms with E-state index in [2.05, 4.69) is 20.1 Å². The number of nitrogens with zero attached hydrogens (tertiary/aromatic N) is 3. The maximum absolute atomic E-state index is 5.27. The van der Waals surface area contributed by atoms with Crippen molar-refractivity contribution < 1.29 is 4.52 Å². The van der Waals surface area contributed by atoms with E-state index in [1.165, 1.54) is 0 Å². The molecule has 1 aromatic carbocycles. The second kappa shape index (κ2) is 5.34. The fourth-order valence-electron chi connectivity index (χ4n) is 1.95. The molecule has 104 valence electrons. The molecule has 7 heteroatoms. The molecule has 0 saturated carbocycles. The van der Waals surface area contributed by atoms with Gasteiger partial charge in [0.1, 0.15) is 0 Å². The highest BCUT2D eigenvalue weighted by atomic mass is 32.2. The van der Waals surface area contributed by atoms with Crippen LogP contribution in [-0.2, 0) is 5.75 Å². The molecular weight excluding hydrogens is 304 g/mol. The summed E-state index contributed by atoms with van der Waals surface area (Å²) >= 11 is 3.16. The van der Waals surface area contributed by atoms with E-state index in [0.717, 1.165) is 21.8 Å². The molecule has 0 saturated heterocycles. The summed E-state index contributed by atoms with van der Waals surface area (Å²) < 4.78 is 5.27. The molecule has 0 bridgehead atoms. The van der Waals surface area contributed by atoms with E-state index in [-0.39, 0.29) is 0 Å². The molecule has 0 fully saturated rings. The van der Waals surface area contributed by atoms with Crippen molar-refractivity contribution in [2.24, 2.45) is 0 Å². The number of hydrogen-bond acceptors (Lipinski definition) is 6. The van der Waals surface area contributed by atoms with Crippen molar-refractivity contribution in [3.8, 4) is 11.4 Å². The first-order valence-corrected chi connectivity index (χ1v) is 8.24. The molecule has 0 aliphatic carbocycles. The van der Waals surface area contributed by atoms with Crippen molar-refractivity contribution in [3.05, 3.63) is 47.0 Å². The highest BCUT2D eigenvalue weighted by Gasteiger charge is 2.10. The topological polar surface area (TPSA) is 67.6 Å². The van der Waals surface area contributed by atoms with Crippen LogP contribution in [0.4, 0.5) is 0 Å². The second-order valence-electron chi connectivity index (χ2n) is 4.37. The van der Waals surface area contributed by atoms with Gasteiger partial charge in [-0.15, -0.1) is 0 Å². The van der Waals surface area contributed by atoms with Gasteiger partial charge in [-0.2, -0.15) is 16.3 Å². The summed E-state index contributed by atoms with van der Waals surface area (Å²) in [4.78, 5) is 12.2. The molecule has 0 aliphatic rings. The summed E-state index contributed by atoms with van der Waals surface area (Å²) in [5, 5.41) is 8.84. The monoisotopic (exact) mass is 314 g/mol. The van der Waals surface area contributed by atoms with Crippen molar-refractivity contribution in [1.82, 2.24) is 20.1 Å². The number of fused-ring (bicyclic) bond motifs is 1. The van der Waals surface area contributed by atoms with Gasteiger partial charge in [-0.25, -0.2) is 4.98 Å². The van der Waals surface area contributed by atoms with Crippen LogP contribution in [0.3, 0.4) is 0 Å². The summed E-state index contributed by atoms with van der Waals surface area (Å²) in [5.74, 6) is 1.83. The smallest absolute Gasteiger partial charge is 0.237 e. The zero-order chi connectivity index (χ0) is 14.1. The Labute approximate surface area is 128 Å². The Bertz CT molecular complexity index is 833. The number of nitrogens with one attached hydrogen (secondary N) is 1. The molecule has 4 aromatic rings. The Hall–Kier alpha value is -2.12. The number of hydrogen-bond donors (Lipinski definition) is 1. The first kappa shape index (κ1) is 12.6. The third-order valence-corrected chi connectivity index (χ3v) is 4.49. The van der Waals surface area contributed by atoms with E-state index in [1.54, 1.807) is 23.1 Å². The summed E-state index contributed by atoms with van der Waals surface area (Å²) in [7, 11) is 0. The van der Waals surface area contributed by atoms with Crippen molar-refractivity contribution >= 4 is 34.1 Å². The maximum Gasteiger partial charge on any atom is 0.237 e. The van der Waals surface area contributed by atoms with Gasteiger partial charge in [0.2, 0.25) is 11.7 Å². The molecular formula is C14H10N4OS2. The molecule has 0 unspecified atom stereocenters. The van der Waals surface area contributed by atoms with Crippen LogP contribution in [0.25, 0.3) is 22.4 Å². The highest BCUT2D eigenvalue weighted by molar-refractivity contribution is 7.98. The van der Waals surface area contributed by atoms with Crippen molar-refractivity contribution in [1.29, 1.82) is 0 Å². The standard InChI is InChI=1S/C14H10N4OS2/c1-2-4-11-10(3-1)15-14(16-11)21-8-12-17-13(18-19-12)9-5-6-20-7-9/h1-7H,8H2,(H,15,16). The zero-order valence-electron chi connectivity index (χ0n) is 10.8. The van der Waals surface area contributed by atoms with Crippen LogP contribution in [0.5, 0.6) is 0 Å². The van der Waals surface area contributed by atoms with E-state index in [1.807, 2.05) is 41.1 Å². The quantitative estimate of drug-likeness (QED) is 0.577. The van der Waals surface area contributed by atoms with Crippen LogP contribution in [0.2, 0.25) is 0 Å². The molecule has 5 nitrogen and oxygen atoms in total. The number of benzene rings is 1. The van der Waals surface area contributed by atoms with Gasteiger partial charge in [-0.1, -0.05) is 29.1 Å². The zero-order valence-corrected chi connectivity index (χ0v) is 12.4. The van der Waals surface area contributed by atoms with E-state index in [9.17, 15) is 0 Å². The number of para-hydroxylation sites is 2. The third kappa shape index (κ3) is 2.57. The van der Waals surface area contributed by atoms with Gasteiger partial charge >= 0.3 is 0 Å². The molecule has 3 heterocycles. The molecule has 3 aromatic heterocycles. The van der Waals surface area contributed by atoms with Crippen LogP contribution >= 0.6 is 23.1 Å². The molecule has 0 spiro atoms. The number of rotatable bonds is 4. The molecule has 4 rings (SSSR count). The predicted molar refractivity (Wildman–Crippen MR) is 83.3 cm³/mol. The number of aromatic nitrogens is 4. The molecule has 0 atom stereocenters. The van der Waals surface area contributed by atoms with Gasteiger partial charge in [0.05, 0.1) is 16.8 Å². The Balaban J connectivity index is 1.49. The lowest BCUT2D eigenvalue weighted by Gasteiger charge is -1.90. The lowest BCUT2D eigenvalue weighted by Crippen LogP contribution is -1.82. The molecule has 0 amide bonds. The van der Waals surface area contributed by atoms with Crippen LogP contribution in [0.15, 0.2) is 50.8 Å². The van der Waals surface area contributed by atoms with E-state index < -0.39 is 0 Å². The maximum atomic E-state index is 5.27. The predicted octanol–water partition coefficient (Wildman–Crippen LogP) is 3.97. The first-order valence-electron chi connectivity index (χ1n) is 6.31. The number of thiophene rings is 1. The largest absolute Gasteiger partial charge is 0.338 e. The van der Waals surface area contributed by atoms with Gasteiger partial charge in [0.15, 0.2) is 5.16 Å². The number of imidazole rings is 1. The summed E-state index contributed by atoms with van der Waals surface area (Å²) in [6.07, 6.45) is 0. The van der Waals surface area contributed by atoms with Crippen LogP contribution < -0.4 is 0 Å². The summed E-state index contributed by atoms with van der Waals surface area (Å²) in [5.41, 5.74) is 2.98. The highest BCUT2D eigenvalue weighted by Crippen LogP contribution is 2.24. The van der Waals surface area contributed by atoms with Crippen molar-refractivity contribution in [2.75, 3.05) is 0 Å². The minimum absolute atomic E-state index is 0.594. The summed E-state index contributed by atoms with van der Waals surface area (Å²) in [6.45, 7) is 0. The van der Waals surface area contributed by atoms with Gasteiger partial charge < -0.3 is 9.51 Å². The fourth-order valence-corrected chi connectivity index (χ4v) is 3.31. The first-order chi connectivity index (χ1) is 10.4. The molecule has 0 aliphatic heterocycles. The molecule has 1 N–H and O–H groups in total. The van der Waals surface area contributed by atoms with Crippen molar-refractivity contribution in [3.63, 3.8) is 0 Å². The minimum Gasteiger partial charge on any atom is -0.338 e. The Morgan fingerprint density at radius 2 is 2.14 bits per heavy atom. The van der Waals surface area contributed by atoms with Gasteiger partial charge in [-0.3, -0.25) is 0 Å². The fraction of sp³-hybridized carbons (Fsp3) is 0.0714. The number of thioether (sulfide) groups is 1. The lowest BCUT2D eigenvalue weighted by atomic mass is 10.3. The Morgan fingerprint density at radius 3 is 3.00 bits per heavy atom. The summed E-state index contributed by atoms with van der Waals surface area (Å²) in [6, 6.07) is 9.93. The van der Waals surface area contributed by atoms with Gasteiger partial charge in [0.25, 0.3) is 0 Å². The minimum atomic E-state index is 0.594. The Morgan fingerprint density at radius 1 is 1.19 bits per heavy atom. The van der Waals surface area contributed by atoms with Gasteiger partial charge in [0, 0.05) is 10.9 Å². The Kier molecular flexibility index (Phi) is 3.21. The van der Waals surface area contributed by atoms with E-state index in [4.69, 9.17) is 4.52 Å². The third-order valence-electron chi connectivity index (χ3n) is 2.95. The van der Waals surface area contributed by atoms with Crippen LogP contribution in [0, 0.1) is 0 Å². The SMILES string of the molecule is c1ccc2[nH]c(SCc3nc(-c4ccsc4)no3)nc2c1. The van der Waals surface area contributed by atoms with Crippen LogP contribution in [-0.4, -0.2) is 20.1 Å². The average molecular weight is 314 g/mol. The second-order valence-corrected chi connectivity index (χ2v) is 6.12. The van der Waals surface area contributed by atoms with Crippen LogP contribution in [0.1, 0.15) is 5.89 Å². The van der Waals surface area contributed by atoms with Gasteiger partial charge in [-0.05, 0) is 23.6 Å². The van der Waals surface area contributed by atoms with E-state index >= 15 is 0 Å². The van der Waals surface area contributed by atoms with Crippen molar-refractivity contribution in [2.45, 2.75) is 10.9 Å². The van der Waals surface area contributed by atoms with E-state index in [0.29, 0.717) is 17.5 Å². The number of H-pyrrole nitrogens is 1. The average Bonchev–Trinajstić information content (AvgIpc) is 3.23. The normalized spacial score (nSPS) is 11.2. The molecule has 0 radical (unpaired) electrons. The number of aromatic amines is 1.